The van der Waals surface area contributed by atoms with Crippen LogP contribution in [0.25, 0.3) is 0 Å². The minimum Gasteiger partial charge on any atom is -0.485 e. The third-order valence-electron chi connectivity index (χ3n) is 3.02. The Balaban J connectivity index is 2.04. The minimum atomic E-state index is -0.320. The Hall–Kier alpha value is -0.910. The van der Waals surface area contributed by atoms with Gasteiger partial charge in [0.2, 0.25) is 0 Å². The lowest BCUT2D eigenvalue weighted by molar-refractivity contribution is 0.292. The summed E-state index contributed by atoms with van der Waals surface area (Å²) in [6.45, 7) is 5.27. The normalized spacial score (nSPS) is 12.4. The highest BCUT2D eigenvalue weighted by Crippen LogP contribution is 2.26. The first-order valence-corrected chi connectivity index (χ1v) is 8.16. The molecule has 1 unspecified atom stereocenters. The topological polar surface area (TPSA) is 21.3 Å². The Morgan fingerprint density at radius 2 is 2.20 bits per heavy atom. The number of nitrogens with one attached hydrogen (secondary N) is 1. The van der Waals surface area contributed by atoms with Crippen LogP contribution in [0.1, 0.15) is 30.3 Å². The maximum Gasteiger partial charge on any atom is 0.165 e. The van der Waals surface area contributed by atoms with Crippen LogP contribution in [0, 0.1) is 5.82 Å². The van der Waals surface area contributed by atoms with E-state index in [-0.39, 0.29) is 17.6 Å². The van der Waals surface area contributed by atoms with E-state index in [1.807, 2.05) is 31.4 Å². The van der Waals surface area contributed by atoms with Gasteiger partial charge in [-0.15, -0.1) is 11.3 Å². The molecule has 0 saturated carbocycles. The Kier molecular flexibility index (Phi) is 5.57. The molecule has 1 heterocycles. The second-order valence-electron chi connectivity index (χ2n) is 4.45. The molecule has 0 bridgehead atoms. The molecule has 0 aliphatic carbocycles. The summed E-state index contributed by atoms with van der Waals surface area (Å²) in [6.07, 6.45) is 0. The molecular formula is C15H17BrFNOS. The van der Waals surface area contributed by atoms with Gasteiger partial charge in [-0.05, 0) is 58.5 Å². The number of benzene rings is 1. The van der Waals surface area contributed by atoms with Crippen LogP contribution in [0.15, 0.2) is 34.1 Å². The summed E-state index contributed by atoms with van der Waals surface area (Å²) in [5, 5.41) is 5.23. The van der Waals surface area contributed by atoms with Gasteiger partial charge >= 0.3 is 0 Å². The fourth-order valence-corrected chi connectivity index (χ4v) is 3.28. The first-order valence-electron chi connectivity index (χ1n) is 6.49. The van der Waals surface area contributed by atoms with Crippen LogP contribution in [0.4, 0.5) is 4.39 Å². The van der Waals surface area contributed by atoms with Gasteiger partial charge in [-0.3, -0.25) is 0 Å². The van der Waals surface area contributed by atoms with Crippen molar-refractivity contribution in [3.05, 3.63) is 50.4 Å². The molecule has 1 aromatic carbocycles. The minimum absolute atomic E-state index is 0.134. The molecule has 0 spiro atoms. The number of halogens is 2. The van der Waals surface area contributed by atoms with Crippen molar-refractivity contribution < 1.29 is 9.13 Å². The van der Waals surface area contributed by atoms with Gasteiger partial charge in [-0.2, -0.15) is 0 Å². The van der Waals surface area contributed by atoms with E-state index in [1.165, 1.54) is 6.07 Å². The Morgan fingerprint density at radius 3 is 2.80 bits per heavy atom. The summed E-state index contributed by atoms with van der Waals surface area (Å²) in [7, 11) is 0. The van der Waals surface area contributed by atoms with E-state index in [4.69, 9.17) is 4.74 Å². The summed E-state index contributed by atoms with van der Waals surface area (Å²) >= 11 is 5.02. The van der Waals surface area contributed by atoms with Crippen molar-refractivity contribution in [2.24, 2.45) is 0 Å². The van der Waals surface area contributed by atoms with Crippen LogP contribution in [0.3, 0.4) is 0 Å². The van der Waals surface area contributed by atoms with E-state index in [9.17, 15) is 4.39 Å². The smallest absolute Gasteiger partial charge is 0.165 e. The summed E-state index contributed by atoms with van der Waals surface area (Å²) in [5.74, 6) is -0.0299. The molecule has 1 atom stereocenters. The van der Waals surface area contributed by atoms with E-state index in [0.29, 0.717) is 6.61 Å². The molecule has 0 aliphatic rings. The molecule has 0 amide bonds. The van der Waals surface area contributed by atoms with E-state index in [1.54, 1.807) is 17.4 Å². The lowest BCUT2D eigenvalue weighted by Gasteiger charge is -2.14. The van der Waals surface area contributed by atoms with Crippen LogP contribution >= 0.6 is 27.3 Å². The predicted octanol–water partition coefficient (Wildman–Crippen LogP) is 4.90. The molecule has 0 fully saturated rings. The predicted molar refractivity (Wildman–Crippen MR) is 84.8 cm³/mol. The molecule has 0 saturated heterocycles. The van der Waals surface area contributed by atoms with E-state index in [0.717, 1.165) is 21.5 Å². The van der Waals surface area contributed by atoms with E-state index >= 15 is 0 Å². The average molecular weight is 358 g/mol. The van der Waals surface area contributed by atoms with Crippen LogP contribution in [-0.4, -0.2) is 6.54 Å². The SMILES string of the molecule is CCNC(C)c1ccc(OCc2sccc2Br)c(F)c1. The number of thiophene rings is 1. The number of hydrogen-bond donors (Lipinski definition) is 1. The van der Waals surface area contributed by atoms with Crippen molar-refractivity contribution in [1.82, 2.24) is 5.32 Å². The maximum atomic E-state index is 14.0. The molecule has 2 aromatic rings. The standard InChI is InChI=1S/C15H17BrFNOS/c1-3-18-10(2)11-4-5-14(13(17)8-11)19-9-15-12(16)6-7-20-15/h4-8,10,18H,3,9H2,1-2H3. The number of rotatable bonds is 6. The van der Waals surface area contributed by atoms with Gasteiger partial charge in [0.15, 0.2) is 11.6 Å². The second kappa shape index (κ2) is 7.20. The highest BCUT2D eigenvalue weighted by atomic mass is 79.9. The fourth-order valence-electron chi connectivity index (χ4n) is 1.90. The fraction of sp³-hybridized carbons (Fsp3) is 0.333. The summed E-state index contributed by atoms with van der Waals surface area (Å²) in [4.78, 5) is 1.05. The summed E-state index contributed by atoms with van der Waals surface area (Å²) < 4.78 is 20.6. The quantitative estimate of drug-likeness (QED) is 0.793. The van der Waals surface area contributed by atoms with Crippen LogP contribution < -0.4 is 10.1 Å². The van der Waals surface area contributed by atoms with Gasteiger partial charge in [0.05, 0.1) is 4.88 Å². The number of ether oxygens (including phenoxy) is 1. The third kappa shape index (κ3) is 3.81. The van der Waals surface area contributed by atoms with Crippen LogP contribution in [-0.2, 0) is 6.61 Å². The number of hydrogen-bond acceptors (Lipinski definition) is 3. The van der Waals surface area contributed by atoms with Gasteiger partial charge in [0.25, 0.3) is 0 Å². The van der Waals surface area contributed by atoms with E-state index < -0.39 is 0 Å². The molecule has 5 heteroatoms. The van der Waals surface area contributed by atoms with Gasteiger partial charge in [-0.25, -0.2) is 4.39 Å². The lowest BCUT2D eigenvalue weighted by atomic mass is 10.1. The average Bonchev–Trinajstić information content (AvgIpc) is 2.83. The van der Waals surface area contributed by atoms with Gasteiger partial charge < -0.3 is 10.1 Å². The molecule has 2 nitrogen and oxygen atoms in total. The monoisotopic (exact) mass is 357 g/mol. The zero-order chi connectivity index (χ0) is 14.5. The summed E-state index contributed by atoms with van der Waals surface area (Å²) in [6, 6.07) is 7.22. The first-order chi connectivity index (χ1) is 9.61. The Morgan fingerprint density at radius 1 is 1.40 bits per heavy atom. The largest absolute Gasteiger partial charge is 0.485 e. The lowest BCUT2D eigenvalue weighted by Crippen LogP contribution is -2.17. The molecular weight excluding hydrogens is 341 g/mol. The van der Waals surface area contributed by atoms with Crippen molar-refractivity contribution in [2.75, 3.05) is 6.54 Å². The molecule has 1 aromatic heterocycles. The Labute approximate surface area is 131 Å². The second-order valence-corrected chi connectivity index (χ2v) is 6.30. The third-order valence-corrected chi connectivity index (χ3v) is 4.92. The molecule has 0 aliphatic heterocycles. The van der Waals surface area contributed by atoms with Gasteiger partial charge in [-0.1, -0.05) is 13.0 Å². The van der Waals surface area contributed by atoms with Gasteiger partial charge in [0.1, 0.15) is 6.61 Å². The molecule has 1 N–H and O–H groups in total. The van der Waals surface area contributed by atoms with Gasteiger partial charge in [0, 0.05) is 10.5 Å². The van der Waals surface area contributed by atoms with Crippen LogP contribution in [0.5, 0.6) is 5.75 Å². The molecule has 108 valence electrons. The van der Waals surface area contributed by atoms with Crippen molar-refractivity contribution in [2.45, 2.75) is 26.5 Å². The zero-order valence-corrected chi connectivity index (χ0v) is 13.9. The zero-order valence-electron chi connectivity index (χ0n) is 11.5. The molecule has 2 rings (SSSR count). The highest BCUT2D eigenvalue weighted by molar-refractivity contribution is 9.10. The Bertz CT molecular complexity index is 573. The van der Waals surface area contributed by atoms with Crippen molar-refractivity contribution in [3.63, 3.8) is 0 Å². The molecule has 0 radical (unpaired) electrons. The summed E-state index contributed by atoms with van der Waals surface area (Å²) in [5.41, 5.74) is 0.925. The van der Waals surface area contributed by atoms with Crippen molar-refractivity contribution in [3.8, 4) is 5.75 Å². The maximum absolute atomic E-state index is 14.0. The first kappa shape index (κ1) is 15.5. The van der Waals surface area contributed by atoms with Crippen LogP contribution in [0.2, 0.25) is 0 Å². The van der Waals surface area contributed by atoms with Crippen molar-refractivity contribution in [1.29, 1.82) is 0 Å². The molecule has 20 heavy (non-hydrogen) atoms. The van der Waals surface area contributed by atoms with Crippen molar-refractivity contribution >= 4 is 27.3 Å². The highest BCUT2D eigenvalue weighted by Gasteiger charge is 2.10. The van der Waals surface area contributed by atoms with E-state index in [2.05, 4.69) is 21.2 Å².